The third kappa shape index (κ3) is 8.39. The quantitative estimate of drug-likeness (QED) is 0.133. The molecule has 7 nitrogen and oxygen atoms in total. The highest BCUT2D eigenvalue weighted by Crippen LogP contribution is 2.24. The third-order valence-corrected chi connectivity index (χ3v) is 4.71. The van der Waals surface area contributed by atoms with Gasteiger partial charge in [-0.05, 0) is 72.7 Å². The zero-order chi connectivity index (χ0) is 26.1. The van der Waals surface area contributed by atoms with E-state index in [0.717, 1.165) is 0 Å². The molecule has 3 aromatic rings. The predicted octanol–water partition coefficient (Wildman–Crippen LogP) is 5.41. The number of nitrogen functional groups attached to an aromatic ring is 2. The van der Waals surface area contributed by atoms with Crippen LogP contribution in [0.3, 0.4) is 0 Å². The number of alkyl halides is 3. The van der Waals surface area contributed by atoms with Crippen molar-refractivity contribution in [2.75, 3.05) is 18.1 Å². The van der Waals surface area contributed by atoms with Crippen molar-refractivity contribution in [1.82, 2.24) is 0 Å². The minimum absolute atomic E-state index is 0.0861. The summed E-state index contributed by atoms with van der Waals surface area (Å²) in [6.45, 7) is -0.0861. The molecule has 0 saturated heterocycles. The number of halogens is 3. The second kappa shape index (κ2) is 11.8. The summed E-state index contributed by atoms with van der Waals surface area (Å²) in [6.07, 6.45) is -2.55. The van der Waals surface area contributed by atoms with Crippen LogP contribution in [0, 0.1) is 0 Å². The lowest BCUT2D eigenvalue weighted by atomic mass is 10.2. The minimum Gasteiger partial charge on any atom is -0.494 e. The second-order valence-corrected chi connectivity index (χ2v) is 7.60. The zero-order valence-electron chi connectivity index (χ0n) is 19.0. The second-order valence-electron chi connectivity index (χ2n) is 7.60. The fourth-order valence-electron chi connectivity index (χ4n) is 2.93. The fraction of sp³-hybridized carbons (Fsp3) is 0.154. The summed E-state index contributed by atoms with van der Waals surface area (Å²) < 4.78 is 52.2. The number of benzene rings is 3. The number of rotatable bonds is 9. The zero-order valence-corrected chi connectivity index (χ0v) is 19.0. The van der Waals surface area contributed by atoms with Gasteiger partial charge in [-0.15, -0.1) is 0 Å². The molecule has 0 aliphatic carbocycles. The molecule has 36 heavy (non-hydrogen) atoms. The monoisotopic (exact) mass is 500 g/mol. The summed E-state index contributed by atoms with van der Waals surface area (Å²) in [7, 11) is 0. The molecule has 188 valence electrons. The molecular weight excluding hydrogens is 477 g/mol. The first-order valence-corrected chi connectivity index (χ1v) is 10.8. The van der Waals surface area contributed by atoms with E-state index in [1.54, 1.807) is 30.3 Å². The van der Waals surface area contributed by atoms with Gasteiger partial charge in [-0.1, -0.05) is 12.1 Å². The lowest BCUT2D eigenvalue weighted by Crippen LogP contribution is -2.10. The van der Waals surface area contributed by atoms with Gasteiger partial charge in [-0.25, -0.2) is 9.59 Å². The van der Waals surface area contributed by atoms with E-state index in [0.29, 0.717) is 17.0 Å². The topological polar surface area (TPSA) is 114 Å². The first-order valence-electron chi connectivity index (χ1n) is 10.8. The first kappa shape index (κ1) is 26.1. The van der Waals surface area contributed by atoms with Gasteiger partial charge in [0.2, 0.25) is 0 Å². The van der Waals surface area contributed by atoms with Crippen molar-refractivity contribution in [2.24, 2.45) is 0 Å². The molecule has 0 bridgehead atoms. The van der Waals surface area contributed by atoms with Crippen molar-refractivity contribution >= 4 is 29.4 Å². The Balaban J connectivity index is 1.48. The summed E-state index contributed by atoms with van der Waals surface area (Å²) in [6, 6.07) is 16.8. The largest absolute Gasteiger partial charge is 0.494 e. The highest BCUT2D eigenvalue weighted by molar-refractivity contribution is 5.91. The Morgan fingerprint density at radius 2 is 1.53 bits per heavy atom. The van der Waals surface area contributed by atoms with Crippen LogP contribution in [-0.4, -0.2) is 24.7 Å². The summed E-state index contributed by atoms with van der Waals surface area (Å²) in [5.41, 5.74) is 13.0. The van der Waals surface area contributed by atoms with E-state index in [2.05, 4.69) is 0 Å². The van der Waals surface area contributed by atoms with Gasteiger partial charge >= 0.3 is 18.1 Å². The Morgan fingerprint density at radius 1 is 0.861 bits per heavy atom. The molecule has 0 aliphatic rings. The average molecular weight is 500 g/mol. The van der Waals surface area contributed by atoms with Crippen LogP contribution in [0.4, 0.5) is 24.5 Å². The molecule has 4 N–H and O–H groups in total. The lowest BCUT2D eigenvalue weighted by molar-refractivity contribution is -0.136. The normalized spacial score (nSPS) is 11.3. The summed E-state index contributed by atoms with van der Waals surface area (Å²) in [4.78, 5) is 24.3. The maximum Gasteiger partial charge on any atom is 0.389 e. The molecule has 0 aromatic heterocycles. The molecule has 3 rings (SSSR count). The Bertz CT molecular complexity index is 1220. The van der Waals surface area contributed by atoms with Crippen molar-refractivity contribution in [2.45, 2.75) is 19.0 Å². The fourth-order valence-corrected chi connectivity index (χ4v) is 2.93. The number of esters is 2. The number of nitrogens with two attached hydrogens (primary N) is 2. The molecule has 0 saturated carbocycles. The van der Waals surface area contributed by atoms with Gasteiger partial charge in [0.25, 0.3) is 0 Å². The van der Waals surface area contributed by atoms with Crippen molar-refractivity contribution < 1.29 is 37.0 Å². The maximum absolute atomic E-state index is 12.3. The van der Waals surface area contributed by atoms with Crippen LogP contribution in [0.1, 0.15) is 28.8 Å². The number of carbonyl (C=O) groups is 2. The Hall–Kier alpha value is -4.47. The molecule has 0 heterocycles. The van der Waals surface area contributed by atoms with Crippen LogP contribution in [0.2, 0.25) is 0 Å². The molecule has 3 aromatic carbocycles. The van der Waals surface area contributed by atoms with Crippen LogP contribution >= 0.6 is 0 Å². The number of carbonyl (C=O) groups excluding carboxylic acids is 2. The Kier molecular flexibility index (Phi) is 8.56. The number of hydrogen-bond acceptors (Lipinski definition) is 7. The average Bonchev–Trinajstić information content (AvgIpc) is 2.83. The van der Waals surface area contributed by atoms with Crippen molar-refractivity contribution in [3.05, 3.63) is 83.9 Å². The SMILES string of the molecule is Nc1ccc(OC(=O)/C=C/c2ccc(OC(=O)c3ccc(OCCCC(F)(F)F)cc3)cc2)c(N)c1. The Morgan fingerprint density at radius 3 is 2.17 bits per heavy atom. The van der Waals surface area contributed by atoms with Gasteiger partial charge < -0.3 is 25.7 Å². The summed E-state index contributed by atoms with van der Waals surface area (Å²) in [5.74, 6) is -0.423. The van der Waals surface area contributed by atoms with Crippen molar-refractivity contribution in [3.8, 4) is 17.2 Å². The van der Waals surface area contributed by atoms with Crippen molar-refractivity contribution in [1.29, 1.82) is 0 Å². The van der Waals surface area contributed by atoms with Gasteiger partial charge in [0.1, 0.15) is 11.5 Å². The smallest absolute Gasteiger partial charge is 0.389 e. The Labute approximate surface area is 205 Å². The number of hydrogen-bond donors (Lipinski definition) is 2. The molecule has 0 atom stereocenters. The van der Waals surface area contributed by atoms with Crippen LogP contribution in [-0.2, 0) is 4.79 Å². The molecule has 10 heteroatoms. The molecule has 0 unspecified atom stereocenters. The van der Waals surface area contributed by atoms with Crippen molar-refractivity contribution in [3.63, 3.8) is 0 Å². The highest BCUT2D eigenvalue weighted by atomic mass is 19.4. The van der Waals surface area contributed by atoms with E-state index >= 15 is 0 Å². The molecule has 0 amide bonds. The molecule has 0 aliphatic heterocycles. The van der Waals surface area contributed by atoms with E-state index in [-0.39, 0.29) is 35.8 Å². The molecule has 0 fully saturated rings. The lowest BCUT2D eigenvalue weighted by Gasteiger charge is -2.09. The maximum atomic E-state index is 12.3. The third-order valence-electron chi connectivity index (χ3n) is 4.71. The van der Waals surface area contributed by atoms with Crippen LogP contribution < -0.4 is 25.7 Å². The standard InChI is InChI=1S/C26H23F3N2O5/c27-26(28,29)14-1-15-34-20-10-5-18(6-11-20)25(33)35-21-8-2-17(3-9-21)4-13-24(32)36-23-12-7-19(30)16-22(23)31/h2-13,16H,1,14-15,30-31H2/b13-4+. The van der Waals surface area contributed by atoms with Gasteiger partial charge in [-0.3, -0.25) is 0 Å². The van der Waals surface area contributed by atoms with E-state index in [1.165, 1.54) is 48.6 Å². The van der Waals surface area contributed by atoms with E-state index in [4.69, 9.17) is 25.7 Å². The van der Waals surface area contributed by atoms with Crippen LogP contribution in [0.15, 0.2) is 72.8 Å². The highest BCUT2D eigenvalue weighted by Gasteiger charge is 2.26. The number of ether oxygens (including phenoxy) is 3. The molecule has 0 spiro atoms. The van der Waals surface area contributed by atoms with E-state index in [1.807, 2.05) is 0 Å². The van der Waals surface area contributed by atoms with Gasteiger partial charge in [0, 0.05) is 18.2 Å². The summed E-state index contributed by atoms with van der Waals surface area (Å²) >= 11 is 0. The first-order chi connectivity index (χ1) is 17.1. The predicted molar refractivity (Wildman–Crippen MR) is 129 cm³/mol. The number of anilines is 2. The molecule has 0 radical (unpaired) electrons. The minimum atomic E-state index is -4.22. The van der Waals surface area contributed by atoms with Gasteiger partial charge in [-0.2, -0.15) is 13.2 Å². The van der Waals surface area contributed by atoms with Gasteiger partial charge in [0.15, 0.2) is 5.75 Å². The van der Waals surface area contributed by atoms with Gasteiger partial charge in [0.05, 0.1) is 17.9 Å². The van der Waals surface area contributed by atoms with Crippen LogP contribution in [0.5, 0.6) is 17.2 Å². The molecular formula is C26H23F3N2O5. The van der Waals surface area contributed by atoms with Crippen LogP contribution in [0.25, 0.3) is 6.08 Å². The van der Waals surface area contributed by atoms with E-state index < -0.39 is 24.5 Å². The van der Waals surface area contributed by atoms with E-state index in [9.17, 15) is 22.8 Å². The summed E-state index contributed by atoms with van der Waals surface area (Å²) in [5, 5.41) is 0.